The van der Waals surface area contributed by atoms with Crippen LogP contribution < -0.4 is 5.11 Å². The molecule has 0 N–H and O–H groups in total. The molecule has 0 aliphatic heterocycles. The summed E-state index contributed by atoms with van der Waals surface area (Å²) in [5, 5.41) is 11.8. The molecule has 2 atom stereocenters. The van der Waals surface area contributed by atoms with Crippen molar-refractivity contribution in [3.63, 3.8) is 0 Å². The zero-order chi connectivity index (χ0) is 60.5. The van der Waals surface area contributed by atoms with Crippen LogP contribution in [0.4, 0.5) is 0 Å². The number of rotatable bonds is 64. The molecule has 9 heteroatoms. The van der Waals surface area contributed by atoms with Crippen molar-refractivity contribution in [2.24, 2.45) is 0 Å². The van der Waals surface area contributed by atoms with Gasteiger partial charge in [-0.3, -0.25) is 9.59 Å². The third kappa shape index (κ3) is 65.9. The maximum Gasteiger partial charge on any atom is 0.306 e. The van der Waals surface area contributed by atoms with E-state index in [-0.39, 0.29) is 38.6 Å². The molecule has 0 aromatic rings. The highest BCUT2D eigenvalue weighted by atomic mass is 16.7. The molecule has 0 radical (unpaired) electrons. The minimum absolute atomic E-state index is 0.145. The minimum Gasteiger partial charge on any atom is -0.545 e. The number of unbranched alkanes of at least 4 members (excludes halogenated alkanes) is 35. The van der Waals surface area contributed by atoms with Crippen LogP contribution in [0, 0.1) is 0 Å². The first kappa shape index (κ1) is 79.5. The van der Waals surface area contributed by atoms with Gasteiger partial charge >= 0.3 is 11.9 Å². The molecule has 9 nitrogen and oxygen atoms in total. The Labute approximate surface area is 512 Å². The second kappa shape index (κ2) is 64.5. The molecule has 0 aromatic heterocycles. The Balaban J connectivity index is 4.00. The Morgan fingerprint density at radius 2 is 0.687 bits per heavy atom. The molecule has 2 unspecified atom stereocenters. The monoisotopic (exact) mass is 1160 g/mol. The van der Waals surface area contributed by atoms with Gasteiger partial charge in [-0.15, -0.1) is 0 Å². The Hall–Kier alpha value is -3.53. The SMILES string of the molecule is CC/C=C\C/C=C\C/C=C\C/C=C\CCCCCCCCCCCCCCCCCCCCCCCCCCCCC(=O)OC(COC(=O)CCCCCCCC/C=C\C/C=C\C/C=C\CCCCC)COC(OCC[N+](C)(C)C)C(=O)[O-]. The number of ether oxygens (including phenoxy) is 4. The number of quaternary nitrogens is 1. The predicted molar refractivity (Wildman–Crippen MR) is 352 cm³/mol. The van der Waals surface area contributed by atoms with Crippen LogP contribution in [0.1, 0.15) is 309 Å². The fraction of sp³-hybridized carbons (Fsp3) is 0.770. The maximum absolute atomic E-state index is 12.9. The van der Waals surface area contributed by atoms with E-state index in [9.17, 15) is 19.5 Å². The average Bonchev–Trinajstić information content (AvgIpc) is 3.46. The Morgan fingerprint density at radius 1 is 0.373 bits per heavy atom. The standard InChI is InChI=1S/C74H131NO8/c1-6-8-10-12-14-16-18-20-22-24-26-27-28-29-30-31-32-33-34-35-36-37-38-39-40-41-42-43-44-45-47-49-51-53-55-57-59-61-63-65-72(77)83-70(69-82-74(73(78)79)80-67-66-75(3,4)5)68-81-71(76)64-62-60-58-56-54-52-50-48-46-25-23-21-19-17-15-13-11-9-7-2/h8,10,14-17,20-23,26-27,46,48,70,74H,6-7,9,11-13,18-19,24-25,28-45,47,49-69H2,1-5H3/b10-8-,16-14-,17-15-,22-20-,23-21-,27-26-,48-46-. The first-order valence-electron chi connectivity index (χ1n) is 34.7. The van der Waals surface area contributed by atoms with E-state index in [0.717, 1.165) is 83.5 Å². The molecular weight excluding hydrogens is 1030 g/mol. The van der Waals surface area contributed by atoms with Gasteiger partial charge in [0, 0.05) is 12.8 Å². The number of carboxylic acids is 1. The summed E-state index contributed by atoms with van der Waals surface area (Å²) in [6.45, 7) is 4.62. The van der Waals surface area contributed by atoms with Crippen LogP contribution in [0.15, 0.2) is 85.1 Å². The van der Waals surface area contributed by atoms with Gasteiger partial charge in [-0.2, -0.15) is 0 Å². The van der Waals surface area contributed by atoms with Crippen LogP contribution in [-0.4, -0.2) is 82.3 Å². The molecule has 0 aromatic carbocycles. The molecule has 0 saturated carbocycles. The summed E-state index contributed by atoms with van der Waals surface area (Å²) in [7, 11) is 5.93. The lowest BCUT2D eigenvalue weighted by Crippen LogP contribution is -2.44. The van der Waals surface area contributed by atoms with Gasteiger partial charge in [-0.25, -0.2) is 0 Å². The number of carboxylic acid groups (broad SMARTS) is 1. The third-order valence-electron chi connectivity index (χ3n) is 15.1. The molecule has 0 spiro atoms. The fourth-order valence-electron chi connectivity index (χ4n) is 9.83. The molecule has 0 heterocycles. The van der Waals surface area contributed by atoms with Gasteiger partial charge in [0.1, 0.15) is 13.2 Å². The predicted octanol–water partition coefficient (Wildman–Crippen LogP) is 20.1. The number of nitrogens with zero attached hydrogens (tertiary/aromatic N) is 1. The summed E-state index contributed by atoms with van der Waals surface area (Å²) in [4.78, 5) is 37.4. The first-order chi connectivity index (χ1) is 40.6. The highest BCUT2D eigenvalue weighted by Crippen LogP contribution is 2.18. The van der Waals surface area contributed by atoms with E-state index in [0.29, 0.717) is 17.4 Å². The topological polar surface area (TPSA) is 111 Å². The summed E-state index contributed by atoms with van der Waals surface area (Å²) in [6, 6.07) is 0. The van der Waals surface area contributed by atoms with E-state index >= 15 is 0 Å². The van der Waals surface area contributed by atoms with Gasteiger partial charge in [0.25, 0.3) is 0 Å². The van der Waals surface area contributed by atoms with Crippen LogP contribution in [0.5, 0.6) is 0 Å². The molecule has 0 rings (SSSR count). The van der Waals surface area contributed by atoms with Crippen molar-refractivity contribution in [2.75, 3.05) is 47.5 Å². The highest BCUT2D eigenvalue weighted by molar-refractivity contribution is 5.70. The lowest BCUT2D eigenvalue weighted by Gasteiger charge is -2.26. The fourth-order valence-corrected chi connectivity index (χ4v) is 9.83. The molecular formula is C74H131NO8. The van der Waals surface area contributed by atoms with Crippen LogP contribution in [-0.2, 0) is 33.3 Å². The normalized spacial score (nSPS) is 13.2. The van der Waals surface area contributed by atoms with Gasteiger partial charge in [0.2, 0.25) is 0 Å². The second-order valence-corrected chi connectivity index (χ2v) is 24.4. The highest BCUT2D eigenvalue weighted by Gasteiger charge is 2.22. The van der Waals surface area contributed by atoms with Gasteiger partial charge in [-0.05, 0) is 89.9 Å². The van der Waals surface area contributed by atoms with Crippen molar-refractivity contribution >= 4 is 17.9 Å². The van der Waals surface area contributed by atoms with Gasteiger partial charge in [0.15, 0.2) is 12.4 Å². The van der Waals surface area contributed by atoms with Crippen molar-refractivity contribution in [3.05, 3.63) is 85.1 Å². The van der Waals surface area contributed by atoms with Crippen molar-refractivity contribution in [3.8, 4) is 0 Å². The number of hydrogen-bond donors (Lipinski definition) is 0. The van der Waals surface area contributed by atoms with Gasteiger partial charge in [-0.1, -0.05) is 292 Å². The third-order valence-corrected chi connectivity index (χ3v) is 15.1. The van der Waals surface area contributed by atoms with E-state index in [1.54, 1.807) is 0 Å². The largest absolute Gasteiger partial charge is 0.545 e. The van der Waals surface area contributed by atoms with Crippen LogP contribution in [0.2, 0.25) is 0 Å². The van der Waals surface area contributed by atoms with Crippen molar-refractivity contribution in [2.45, 2.75) is 322 Å². The van der Waals surface area contributed by atoms with Crippen LogP contribution in [0.25, 0.3) is 0 Å². The Kier molecular flexibility index (Phi) is 61.7. The number of esters is 2. The summed E-state index contributed by atoms with van der Waals surface area (Å²) in [6.07, 6.45) is 83.9. The number of likely N-dealkylation sites (N-methyl/N-ethyl adjacent to an activating group) is 1. The summed E-state index contributed by atoms with van der Waals surface area (Å²) in [5.74, 6) is -2.29. The van der Waals surface area contributed by atoms with Crippen molar-refractivity contribution < 1.29 is 42.9 Å². The smallest absolute Gasteiger partial charge is 0.306 e. The van der Waals surface area contributed by atoms with E-state index in [1.165, 1.54) is 193 Å². The molecule has 0 aliphatic carbocycles. The van der Waals surface area contributed by atoms with E-state index in [1.807, 2.05) is 21.1 Å². The molecule has 0 aliphatic rings. The van der Waals surface area contributed by atoms with Crippen LogP contribution in [0.3, 0.4) is 0 Å². The zero-order valence-corrected chi connectivity index (χ0v) is 54.8. The minimum atomic E-state index is -1.63. The number of carbonyl (C=O) groups is 3. The van der Waals surface area contributed by atoms with Crippen molar-refractivity contribution in [1.82, 2.24) is 0 Å². The number of allylic oxidation sites excluding steroid dienone is 14. The lowest BCUT2D eigenvalue weighted by molar-refractivity contribution is -0.870. The number of carbonyl (C=O) groups excluding carboxylic acids is 3. The quantitative estimate of drug-likeness (QED) is 0.0195. The van der Waals surface area contributed by atoms with E-state index in [2.05, 4.69) is 98.9 Å². The molecule has 0 fully saturated rings. The summed E-state index contributed by atoms with van der Waals surface area (Å²) < 4.78 is 22.8. The Morgan fingerprint density at radius 3 is 1.02 bits per heavy atom. The number of hydrogen-bond acceptors (Lipinski definition) is 8. The Bertz CT molecular complexity index is 1640. The molecule has 0 saturated heterocycles. The van der Waals surface area contributed by atoms with Gasteiger partial charge in [0.05, 0.1) is 40.3 Å². The first-order valence-corrected chi connectivity index (χ1v) is 34.7. The molecule has 0 amide bonds. The van der Waals surface area contributed by atoms with Gasteiger partial charge < -0.3 is 33.3 Å². The maximum atomic E-state index is 12.9. The summed E-state index contributed by atoms with van der Waals surface area (Å²) in [5.41, 5.74) is 0. The number of aliphatic carboxylic acids is 1. The zero-order valence-electron chi connectivity index (χ0n) is 54.8. The molecule has 83 heavy (non-hydrogen) atoms. The lowest BCUT2D eigenvalue weighted by atomic mass is 10.0. The second-order valence-electron chi connectivity index (χ2n) is 24.4. The van der Waals surface area contributed by atoms with Crippen LogP contribution >= 0.6 is 0 Å². The molecule has 480 valence electrons. The van der Waals surface area contributed by atoms with E-state index < -0.39 is 24.3 Å². The van der Waals surface area contributed by atoms with Crippen molar-refractivity contribution in [1.29, 1.82) is 0 Å². The summed E-state index contributed by atoms with van der Waals surface area (Å²) >= 11 is 0. The average molecular weight is 1160 g/mol. The molecule has 0 bridgehead atoms. The van der Waals surface area contributed by atoms with E-state index in [4.69, 9.17) is 18.9 Å².